The molecular weight excluding hydrogens is 234 g/mol. The van der Waals surface area contributed by atoms with Gasteiger partial charge in [-0.2, -0.15) is 0 Å². The van der Waals surface area contributed by atoms with E-state index in [2.05, 4.69) is 9.72 Å². The second-order valence-corrected chi connectivity index (χ2v) is 3.44. The van der Waals surface area contributed by atoms with Crippen LogP contribution in [0.3, 0.4) is 0 Å². The predicted octanol–water partition coefficient (Wildman–Crippen LogP) is 0.501. The Labute approximate surface area is 97.6 Å². The monoisotopic (exact) mass is 245 g/mol. The van der Waals surface area contributed by atoms with Gasteiger partial charge in [0.05, 0.1) is 30.4 Å². The SMILES string of the molecule is COC(=O)c1ccnc(C(O)C(O)CCl)c1. The summed E-state index contributed by atoms with van der Waals surface area (Å²) in [5, 5.41) is 18.9. The highest BCUT2D eigenvalue weighted by Crippen LogP contribution is 2.16. The Morgan fingerprint density at radius 3 is 2.88 bits per heavy atom. The summed E-state index contributed by atoms with van der Waals surface area (Å²) in [5.41, 5.74) is 0.435. The Kier molecular flexibility index (Phi) is 4.67. The Morgan fingerprint density at radius 1 is 1.62 bits per heavy atom. The molecule has 88 valence electrons. The summed E-state index contributed by atoms with van der Waals surface area (Å²) in [4.78, 5) is 15.1. The average molecular weight is 246 g/mol. The molecule has 0 radical (unpaired) electrons. The van der Waals surface area contributed by atoms with Gasteiger partial charge < -0.3 is 14.9 Å². The molecule has 1 aromatic heterocycles. The molecule has 0 spiro atoms. The zero-order chi connectivity index (χ0) is 12.1. The van der Waals surface area contributed by atoms with Crippen molar-refractivity contribution in [3.8, 4) is 0 Å². The largest absolute Gasteiger partial charge is 0.465 e. The Balaban J connectivity index is 2.94. The number of hydrogen-bond donors (Lipinski definition) is 2. The summed E-state index contributed by atoms with van der Waals surface area (Å²) in [6.45, 7) is 0. The van der Waals surface area contributed by atoms with E-state index < -0.39 is 18.2 Å². The number of alkyl halides is 1. The molecule has 0 aliphatic carbocycles. The lowest BCUT2D eigenvalue weighted by Crippen LogP contribution is -2.21. The van der Waals surface area contributed by atoms with E-state index in [0.717, 1.165) is 0 Å². The molecular formula is C10H12ClNO4. The molecule has 1 aromatic rings. The van der Waals surface area contributed by atoms with E-state index in [1.807, 2.05) is 0 Å². The maximum Gasteiger partial charge on any atom is 0.337 e. The average Bonchev–Trinajstić information content (AvgIpc) is 2.36. The Morgan fingerprint density at radius 2 is 2.31 bits per heavy atom. The molecule has 0 aromatic carbocycles. The molecule has 1 heterocycles. The van der Waals surface area contributed by atoms with Crippen molar-refractivity contribution >= 4 is 17.6 Å². The number of carbonyl (C=O) groups is 1. The van der Waals surface area contributed by atoms with Gasteiger partial charge in [-0.05, 0) is 12.1 Å². The number of esters is 1. The smallest absolute Gasteiger partial charge is 0.337 e. The minimum absolute atomic E-state index is 0.120. The number of methoxy groups -OCH3 is 1. The number of carbonyl (C=O) groups excluding carboxylic acids is 1. The van der Waals surface area contributed by atoms with Crippen LogP contribution in [0.15, 0.2) is 18.3 Å². The fourth-order valence-corrected chi connectivity index (χ4v) is 1.31. The molecule has 2 unspecified atom stereocenters. The number of rotatable bonds is 4. The van der Waals surface area contributed by atoms with Crippen molar-refractivity contribution in [1.82, 2.24) is 4.98 Å². The highest BCUT2D eigenvalue weighted by molar-refractivity contribution is 6.18. The summed E-state index contributed by atoms with van der Waals surface area (Å²) in [6.07, 6.45) is -0.990. The van der Waals surface area contributed by atoms with Crippen molar-refractivity contribution in [2.45, 2.75) is 12.2 Å². The van der Waals surface area contributed by atoms with Gasteiger partial charge in [-0.15, -0.1) is 11.6 Å². The summed E-state index contributed by atoms with van der Waals surface area (Å²) >= 11 is 5.40. The number of aliphatic hydroxyl groups is 2. The van der Waals surface area contributed by atoms with Gasteiger partial charge in [0, 0.05) is 6.20 Å². The summed E-state index contributed by atoms with van der Waals surface area (Å²) in [6, 6.07) is 2.81. The highest BCUT2D eigenvalue weighted by atomic mass is 35.5. The maximum atomic E-state index is 11.2. The van der Waals surface area contributed by atoms with E-state index in [0.29, 0.717) is 0 Å². The normalized spacial score (nSPS) is 14.2. The Bertz CT molecular complexity index is 372. The lowest BCUT2D eigenvalue weighted by atomic mass is 10.1. The first-order valence-electron chi connectivity index (χ1n) is 4.56. The van der Waals surface area contributed by atoms with Crippen LogP contribution in [-0.2, 0) is 4.74 Å². The van der Waals surface area contributed by atoms with Crippen LogP contribution in [0, 0.1) is 0 Å². The van der Waals surface area contributed by atoms with Crippen LogP contribution in [0.25, 0.3) is 0 Å². The number of ether oxygens (including phenoxy) is 1. The molecule has 6 heteroatoms. The van der Waals surface area contributed by atoms with Gasteiger partial charge in [-0.25, -0.2) is 4.79 Å². The van der Waals surface area contributed by atoms with Crippen molar-refractivity contribution in [1.29, 1.82) is 0 Å². The molecule has 1 rings (SSSR count). The van der Waals surface area contributed by atoms with Gasteiger partial charge in [0.2, 0.25) is 0 Å². The molecule has 0 fully saturated rings. The molecule has 16 heavy (non-hydrogen) atoms. The van der Waals surface area contributed by atoms with Gasteiger partial charge in [-0.3, -0.25) is 4.98 Å². The first-order chi connectivity index (χ1) is 7.60. The number of pyridine rings is 1. The van der Waals surface area contributed by atoms with Crippen molar-refractivity contribution in [3.05, 3.63) is 29.6 Å². The van der Waals surface area contributed by atoms with E-state index in [9.17, 15) is 15.0 Å². The molecule has 0 saturated carbocycles. The van der Waals surface area contributed by atoms with Crippen LogP contribution in [0.2, 0.25) is 0 Å². The minimum Gasteiger partial charge on any atom is -0.465 e. The van der Waals surface area contributed by atoms with E-state index in [4.69, 9.17) is 11.6 Å². The van der Waals surface area contributed by atoms with E-state index in [1.165, 1.54) is 25.4 Å². The number of hydrogen-bond acceptors (Lipinski definition) is 5. The van der Waals surface area contributed by atoms with Gasteiger partial charge >= 0.3 is 5.97 Å². The van der Waals surface area contributed by atoms with Crippen LogP contribution in [0.4, 0.5) is 0 Å². The second-order valence-electron chi connectivity index (χ2n) is 3.13. The van der Waals surface area contributed by atoms with Crippen LogP contribution in [0.1, 0.15) is 22.2 Å². The second kappa shape index (κ2) is 5.79. The van der Waals surface area contributed by atoms with E-state index in [1.54, 1.807) is 0 Å². The van der Waals surface area contributed by atoms with Crippen LogP contribution < -0.4 is 0 Å². The predicted molar refractivity (Wildman–Crippen MR) is 57.3 cm³/mol. The summed E-state index contributed by atoms with van der Waals surface area (Å²) < 4.78 is 4.52. The highest BCUT2D eigenvalue weighted by Gasteiger charge is 2.19. The first kappa shape index (κ1) is 12.9. The third-order valence-electron chi connectivity index (χ3n) is 2.03. The van der Waals surface area contributed by atoms with Gasteiger partial charge in [-0.1, -0.05) is 0 Å². The van der Waals surface area contributed by atoms with E-state index in [-0.39, 0.29) is 17.1 Å². The zero-order valence-corrected chi connectivity index (χ0v) is 9.39. The lowest BCUT2D eigenvalue weighted by Gasteiger charge is -2.14. The quantitative estimate of drug-likeness (QED) is 0.597. The standard InChI is InChI=1S/C10H12ClNO4/c1-16-10(15)6-2-3-12-7(4-6)9(14)8(13)5-11/h2-4,8-9,13-14H,5H2,1H3. The third-order valence-corrected chi connectivity index (χ3v) is 2.34. The summed E-state index contributed by atoms with van der Waals surface area (Å²) in [5.74, 6) is -0.651. The van der Waals surface area contributed by atoms with Crippen molar-refractivity contribution < 1.29 is 19.7 Å². The zero-order valence-electron chi connectivity index (χ0n) is 8.63. The molecule has 0 aliphatic rings. The first-order valence-corrected chi connectivity index (χ1v) is 5.10. The molecule has 2 atom stereocenters. The van der Waals surface area contributed by atoms with Crippen LogP contribution >= 0.6 is 11.6 Å². The number of aromatic nitrogens is 1. The fraction of sp³-hybridized carbons (Fsp3) is 0.400. The number of halogens is 1. The molecule has 5 nitrogen and oxygen atoms in total. The number of nitrogens with zero attached hydrogens (tertiary/aromatic N) is 1. The summed E-state index contributed by atoms with van der Waals surface area (Å²) in [7, 11) is 1.26. The van der Waals surface area contributed by atoms with Gasteiger partial charge in [0.25, 0.3) is 0 Å². The molecule has 0 saturated heterocycles. The van der Waals surface area contributed by atoms with Gasteiger partial charge in [0.15, 0.2) is 0 Å². The maximum absolute atomic E-state index is 11.2. The lowest BCUT2D eigenvalue weighted by molar-refractivity contribution is 0.0298. The molecule has 0 amide bonds. The van der Waals surface area contributed by atoms with Crippen molar-refractivity contribution in [2.75, 3.05) is 13.0 Å². The minimum atomic E-state index is -1.22. The van der Waals surface area contributed by atoms with Crippen molar-refractivity contribution in [3.63, 3.8) is 0 Å². The van der Waals surface area contributed by atoms with Crippen molar-refractivity contribution in [2.24, 2.45) is 0 Å². The van der Waals surface area contributed by atoms with E-state index >= 15 is 0 Å². The van der Waals surface area contributed by atoms with Crippen LogP contribution in [-0.4, -0.2) is 40.3 Å². The molecule has 0 aliphatic heterocycles. The number of aliphatic hydroxyl groups excluding tert-OH is 2. The van der Waals surface area contributed by atoms with Crippen LogP contribution in [0.5, 0.6) is 0 Å². The fourth-order valence-electron chi connectivity index (χ4n) is 1.14. The Hall–Kier alpha value is -1.17. The third kappa shape index (κ3) is 2.91. The molecule has 2 N–H and O–H groups in total. The molecule has 0 bridgehead atoms. The topological polar surface area (TPSA) is 79.7 Å². The van der Waals surface area contributed by atoms with Gasteiger partial charge in [0.1, 0.15) is 6.10 Å².